The predicted octanol–water partition coefficient (Wildman–Crippen LogP) is 3.38. The van der Waals surface area contributed by atoms with Gasteiger partial charge in [-0.2, -0.15) is 0 Å². The zero-order valence-electron chi connectivity index (χ0n) is 12.5. The number of ketones is 1. The molecule has 0 radical (unpaired) electrons. The van der Waals surface area contributed by atoms with E-state index < -0.39 is 5.60 Å². The summed E-state index contributed by atoms with van der Waals surface area (Å²) in [4.78, 5) is 13.0. The maximum atomic E-state index is 13.0. The van der Waals surface area contributed by atoms with Gasteiger partial charge < -0.3 is 14.2 Å². The van der Waals surface area contributed by atoms with Crippen LogP contribution < -0.4 is 9.47 Å². The number of benzene rings is 1. The van der Waals surface area contributed by atoms with Crippen molar-refractivity contribution in [3.63, 3.8) is 0 Å². The lowest BCUT2D eigenvalue weighted by molar-refractivity contribution is -0.0411. The first-order chi connectivity index (χ1) is 10.2. The summed E-state index contributed by atoms with van der Waals surface area (Å²) in [5.74, 6) is 1.46. The Morgan fingerprint density at radius 1 is 1.14 bits per heavy atom. The molecule has 0 saturated heterocycles. The average Bonchev–Trinajstić information content (AvgIpc) is 2.55. The molecule has 114 valence electrons. The molecule has 0 amide bonds. The van der Waals surface area contributed by atoms with Gasteiger partial charge in [0.15, 0.2) is 17.3 Å². The van der Waals surface area contributed by atoms with E-state index in [4.69, 9.17) is 14.2 Å². The highest BCUT2D eigenvalue weighted by Crippen LogP contribution is 2.37. The third kappa shape index (κ3) is 2.77. The standard InChI is InChI=1S/C17H22O4/c1-2-21-17(8-4-3-5-9-17)16(18)13-6-7-14-15(12-13)20-11-10-19-14/h6-7,12H,2-5,8-11H2,1H3. The van der Waals surface area contributed by atoms with Crippen LogP contribution in [-0.4, -0.2) is 31.2 Å². The van der Waals surface area contributed by atoms with Gasteiger partial charge in [0.25, 0.3) is 0 Å². The van der Waals surface area contributed by atoms with Gasteiger partial charge in [-0.3, -0.25) is 4.79 Å². The van der Waals surface area contributed by atoms with Crippen LogP contribution in [-0.2, 0) is 4.74 Å². The number of hydrogen-bond acceptors (Lipinski definition) is 4. The van der Waals surface area contributed by atoms with Gasteiger partial charge in [0.1, 0.15) is 18.8 Å². The topological polar surface area (TPSA) is 44.8 Å². The van der Waals surface area contributed by atoms with E-state index in [2.05, 4.69) is 0 Å². The Morgan fingerprint density at radius 2 is 1.86 bits per heavy atom. The quantitative estimate of drug-likeness (QED) is 0.797. The van der Waals surface area contributed by atoms with Crippen LogP contribution in [0.25, 0.3) is 0 Å². The predicted molar refractivity (Wildman–Crippen MR) is 79.2 cm³/mol. The summed E-state index contributed by atoms with van der Waals surface area (Å²) in [7, 11) is 0. The van der Waals surface area contributed by atoms with Crippen molar-refractivity contribution in [2.45, 2.75) is 44.6 Å². The van der Waals surface area contributed by atoms with E-state index in [-0.39, 0.29) is 5.78 Å². The molecule has 3 rings (SSSR count). The average molecular weight is 290 g/mol. The van der Waals surface area contributed by atoms with E-state index in [9.17, 15) is 4.79 Å². The number of rotatable bonds is 4. The number of fused-ring (bicyclic) bond motifs is 1. The number of ether oxygens (including phenoxy) is 3. The zero-order valence-corrected chi connectivity index (χ0v) is 12.5. The molecule has 0 atom stereocenters. The molecule has 0 spiro atoms. The lowest BCUT2D eigenvalue weighted by Crippen LogP contribution is -2.43. The highest BCUT2D eigenvalue weighted by atomic mass is 16.6. The number of Topliss-reactive ketones (excluding diaryl/α,β-unsaturated/α-hetero) is 1. The monoisotopic (exact) mass is 290 g/mol. The molecule has 2 aliphatic rings. The Hall–Kier alpha value is -1.55. The second kappa shape index (κ2) is 6.06. The van der Waals surface area contributed by atoms with Gasteiger partial charge in [0.2, 0.25) is 0 Å². The van der Waals surface area contributed by atoms with E-state index in [1.54, 1.807) is 6.07 Å². The van der Waals surface area contributed by atoms with Crippen molar-refractivity contribution in [2.75, 3.05) is 19.8 Å². The molecule has 1 aromatic rings. The summed E-state index contributed by atoms with van der Waals surface area (Å²) in [5.41, 5.74) is 0.0196. The fourth-order valence-electron chi connectivity index (χ4n) is 3.28. The Balaban J connectivity index is 1.88. The van der Waals surface area contributed by atoms with Crippen molar-refractivity contribution in [2.24, 2.45) is 0 Å². The SMILES string of the molecule is CCOC1(C(=O)c2ccc3c(c2)OCCO3)CCCCC1. The molecule has 1 fully saturated rings. The van der Waals surface area contributed by atoms with Crippen molar-refractivity contribution >= 4 is 5.78 Å². The first-order valence-electron chi connectivity index (χ1n) is 7.83. The zero-order chi connectivity index (χ0) is 14.7. The van der Waals surface area contributed by atoms with Gasteiger partial charge in [-0.25, -0.2) is 0 Å². The minimum atomic E-state index is -0.642. The van der Waals surface area contributed by atoms with E-state index in [1.165, 1.54) is 6.42 Å². The summed E-state index contributed by atoms with van der Waals surface area (Å²) in [6.07, 6.45) is 4.91. The first-order valence-corrected chi connectivity index (χ1v) is 7.83. The van der Waals surface area contributed by atoms with Crippen LogP contribution in [0.15, 0.2) is 18.2 Å². The minimum Gasteiger partial charge on any atom is -0.486 e. The molecular formula is C17H22O4. The van der Waals surface area contributed by atoms with Crippen LogP contribution >= 0.6 is 0 Å². The fourth-order valence-corrected chi connectivity index (χ4v) is 3.28. The van der Waals surface area contributed by atoms with Gasteiger partial charge in [-0.15, -0.1) is 0 Å². The van der Waals surface area contributed by atoms with Gasteiger partial charge in [-0.1, -0.05) is 19.3 Å². The molecular weight excluding hydrogens is 268 g/mol. The van der Waals surface area contributed by atoms with E-state index in [0.717, 1.165) is 25.7 Å². The lowest BCUT2D eigenvalue weighted by Gasteiger charge is -2.35. The molecule has 0 aromatic heterocycles. The van der Waals surface area contributed by atoms with Gasteiger partial charge >= 0.3 is 0 Å². The fraction of sp³-hybridized carbons (Fsp3) is 0.588. The first kappa shape index (κ1) is 14.4. The molecule has 1 aliphatic heterocycles. The summed E-state index contributed by atoms with van der Waals surface area (Å²) < 4.78 is 17.0. The largest absolute Gasteiger partial charge is 0.486 e. The van der Waals surface area contributed by atoms with Crippen LogP contribution in [0.5, 0.6) is 11.5 Å². The summed E-state index contributed by atoms with van der Waals surface area (Å²) in [6.45, 7) is 3.61. The van der Waals surface area contributed by atoms with Crippen molar-refractivity contribution < 1.29 is 19.0 Å². The molecule has 1 saturated carbocycles. The molecule has 1 heterocycles. The molecule has 1 aliphatic carbocycles. The molecule has 4 nitrogen and oxygen atoms in total. The van der Waals surface area contributed by atoms with Gasteiger partial charge in [0, 0.05) is 12.2 Å². The summed E-state index contributed by atoms with van der Waals surface area (Å²) >= 11 is 0. The second-order valence-electron chi connectivity index (χ2n) is 5.68. The Bertz CT molecular complexity index is 512. The van der Waals surface area contributed by atoms with Gasteiger partial charge in [-0.05, 0) is 38.0 Å². The molecule has 4 heteroatoms. The van der Waals surface area contributed by atoms with Crippen LogP contribution in [0.2, 0.25) is 0 Å². The lowest BCUT2D eigenvalue weighted by atomic mass is 9.79. The summed E-state index contributed by atoms with van der Waals surface area (Å²) in [5, 5.41) is 0. The normalized spacial score (nSPS) is 20.0. The molecule has 0 bridgehead atoms. The van der Waals surface area contributed by atoms with E-state index in [0.29, 0.717) is 36.9 Å². The van der Waals surface area contributed by atoms with E-state index in [1.807, 2.05) is 19.1 Å². The van der Waals surface area contributed by atoms with Crippen molar-refractivity contribution in [1.29, 1.82) is 0 Å². The van der Waals surface area contributed by atoms with Crippen LogP contribution in [0.3, 0.4) is 0 Å². The van der Waals surface area contributed by atoms with Crippen LogP contribution in [0.1, 0.15) is 49.4 Å². The molecule has 21 heavy (non-hydrogen) atoms. The van der Waals surface area contributed by atoms with Crippen molar-refractivity contribution in [3.8, 4) is 11.5 Å². The minimum absolute atomic E-state index is 0.0843. The van der Waals surface area contributed by atoms with Crippen molar-refractivity contribution in [1.82, 2.24) is 0 Å². The molecule has 0 unspecified atom stereocenters. The molecule has 0 N–H and O–H groups in total. The van der Waals surface area contributed by atoms with E-state index >= 15 is 0 Å². The maximum absolute atomic E-state index is 13.0. The number of carbonyl (C=O) groups excluding carboxylic acids is 1. The van der Waals surface area contributed by atoms with Crippen LogP contribution in [0, 0.1) is 0 Å². The number of carbonyl (C=O) groups is 1. The smallest absolute Gasteiger partial charge is 0.194 e. The Kier molecular flexibility index (Phi) is 4.15. The highest BCUT2D eigenvalue weighted by molar-refractivity contribution is 6.03. The third-order valence-electron chi connectivity index (χ3n) is 4.30. The highest BCUT2D eigenvalue weighted by Gasteiger charge is 2.40. The number of hydrogen-bond donors (Lipinski definition) is 0. The van der Waals surface area contributed by atoms with Crippen molar-refractivity contribution in [3.05, 3.63) is 23.8 Å². The second-order valence-corrected chi connectivity index (χ2v) is 5.68. The van der Waals surface area contributed by atoms with Crippen LogP contribution in [0.4, 0.5) is 0 Å². The third-order valence-corrected chi connectivity index (χ3v) is 4.30. The Morgan fingerprint density at radius 3 is 2.57 bits per heavy atom. The summed E-state index contributed by atoms with van der Waals surface area (Å²) in [6, 6.07) is 5.45. The maximum Gasteiger partial charge on any atom is 0.194 e. The molecule has 1 aromatic carbocycles. The Labute approximate surface area is 125 Å². The van der Waals surface area contributed by atoms with Gasteiger partial charge in [0.05, 0.1) is 0 Å².